The molecule has 0 saturated carbocycles. The molecule has 6 aromatic rings. The Morgan fingerprint density at radius 1 is 0.474 bits per heavy atom. The van der Waals surface area contributed by atoms with Crippen molar-refractivity contribution in [2.75, 3.05) is 26.2 Å². The predicted molar refractivity (Wildman–Crippen MR) is 358 cm³/mol. The molecule has 8 nitrogen and oxygen atoms in total. The van der Waals surface area contributed by atoms with E-state index in [1.807, 2.05) is 73.9 Å². The molecule has 0 spiro atoms. The van der Waals surface area contributed by atoms with Crippen LogP contribution in [0.25, 0.3) is 0 Å². The number of nitrogens with zero attached hydrogens (tertiary/aromatic N) is 8. The Morgan fingerprint density at radius 2 is 0.842 bits per heavy atom. The van der Waals surface area contributed by atoms with Gasteiger partial charge >= 0.3 is 58.0 Å². The number of alkyl halides is 12. The van der Waals surface area contributed by atoms with E-state index in [9.17, 15) is 52.7 Å². The molecule has 0 amide bonds. The maximum absolute atomic E-state index is 13.9. The summed E-state index contributed by atoms with van der Waals surface area (Å²) in [6.45, 7) is 30.9. The average Bonchev–Trinajstić information content (AvgIpc) is 0.792. The van der Waals surface area contributed by atoms with Gasteiger partial charge in [0.1, 0.15) is 5.84 Å². The van der Waals surface area contributed by atoms with Crippen LogP contribution < -0.4 is 0 Å². The van der Waals surface area contributed by atoms with Gasteiger partial charge in [-0.25, -0.2) is 19.6 Å². The Bertz CT molecular complexity index is 3710. The molecule has 1 fully saturated rings. The molecule has 2 heterocycles. The summed E-state index contributed by atoms with van der Waals surface area (Å²) < 4.78 is 169. The van der Waals surface area contributed by atoms with Crippen LogP contribution in [-0.2, 0) is 37.8 Å². The van der Waals surface area contributed by atoms with Crippen LogP contribution in [0.3, 0.4) is 0 Å². The molecule has 25 heteroatoms. The molecule has 6 aromatic carbocycles. The minimum atomic E-state index is -5.02. The molecule has 515 valence electrons. The maximum atomic E-state index is 13.9. The zero-order valence-corrected chi connectivity index (χ0v) is 59.1. The molecule has 0 N–H and O–H groups in total. The van der Waals surface area contributed by atoms with Gasteiger partial charge in [-0.05, 0) is 171 Å². The number of halogens is 16. The fourth-order valence-electron chi connectivity index (χ4n) is 11.0. The van der Waals surface area contributed by atoms with Crippen LogP contribution in [0.1, 0.15) is 184 Å². The van der Waals surface area contributed by atoms with Crippen molar-refractivity contribution in [1.82, 2.24) is 14.7 Å². The van der Waals surface area contributed by atoms with E-state index < -0.39 is 47.0 Å². The van der Waals surface area contributed by atoms with Crippen LogP contribution in [0, 0.1) is 34.4 Å². The summed E-state index contributed by atoms with van der Waals surface area (Å²) in [4.78, 5) is 24.7. The van der Waals surface area contributed by atoms with Gasteiger partial charge in [-0.15, -0.1) is 4.99 Å². The Balaban J connectivity index is 0.000000289. The fourth-order valence-corrected chi connectivity index (χ4v) is 11.7. The van der Waals surface area contributed by atoms with Crippen molar-refractivity contribution in [3.05, 3.63) is 192 Å². The second-order valence-corrected chi connectivity index (χ2v) is 27.2. The van der Waals surface area contributed by atoms with Gasteiger partial charge < -0.3 is 9.80 Å². The van der Waals surface area contributed by atoms with Crippen LogP contribution >= 0.6 is 43.4 Å². The van der Waals surface area contributed by atoms with E-state index in [1.54, 1.807) is 60.6 Å². The normalized spacial score (nSPS) is 15.0. The van der Waals surface area contributed by atoms with Crippen LogP contribution in [0.15, 0.2) is 117 Å². The Kier molecular flexibility index (Phi) is 26.7. The van der Waals surface area contributed by atoms with Gasteiger partial charge in [0.2, 0.25) is 0 Å². The van der Waals surface area contributed by atoms with Crippen LogP contribution in [-0.4, -0.2) is 75.1 Å². The third-order valence-electron chi connectivity index (χ3n) is 15.7. The van der Waals surface area contributed by atoms with Crippen molar-refractivity contribution in [3.63, 3.8) is 0 Å². The first kappa shape index (κ1) is 77.9. The van der Waals surface area contributed by atoms with Crippen molar-refractivity contribution in [3.8, 4) is 0 Å². The Labute approximate surface area is 573 Å². The fraction of sp³-hybridized carbons (Fsp3) is 0.400. The van der Waals surface area contributed by atoms with Crippen LogP contribution in [0.4, 0.5) is 75.4 Å². The van der Waals surface area contributed by atoms with Gasteiger partial charge in [-0.2, -0.15) is 59.4 Å². The van der Waals surface area contributed by atoms with Crippen LogP contribution in [0.2, 0.25) is 10.0 Å². The van der Waals surface area contributed by atoms with Crippen molar-refractivity contribution >= 4 is 95.8 Å². The second kappa shape index (κ2) is 32.5. The molecule has 2 aliphatic rings. The summed E-state index contributed by atoms with van der Waals surface area (Å²) in [5.41, 5.74) is 3.14. The monoisotopic (exact) mass is 1450 g/mol. The van der Waals surface area contributed by atoms with E-state index in [0.717, 1.165) is 44.8 Å². The number of para-hydroxylation sites is 2. The Morgan fingerprint density at radius 3 is 1.22 bits per heavy atom. The first-order chi connectivity index (χ1) is 44.1. The van der Waals surface area contributed by atoms with Crippen molar-refractivity contribution < 1.29 is 70.4 Å². The van der Waals surface area contributed by atoms with E-state index in [4.69, 9.17) is 53.4 Å². The van der Waals surface area contributed by atoms with E-state index in [0.29, 0.717) is 86.1 Å². The number of aliphatic imine (C=N–C) groups is 4. The molecule has 0 aliphatic carbocycles. The van der Waals surface area contributed by atoms with Crippen molar-refractivity contribution in [2.24, 2.45) is 20.0 Å². The number of amidine groups is 4. The number of rotatable bonds is 10. The van der Waals surface area contributed by atoms with Crippen LogP contribution in [0.5, 0.6) is 0 Å². The molecule has 0 atom stereocenters. The van der Waals surface area contributed by atoms with Crippen molar-refractivity contribution in [1.29, 1.82) is 0 Å². The molecule has 2 aliphatic heterocycles. The third-order valence-corrected chi connectivity index (χ3v) is 16.3. The topological polar surface area (TPSA) is 62.2 Å². The van der Waals surface area contributed by atoms with E-state index >= 15 is 0 Å². The average molecular weight is 1460 g/mol. The Hall–Kier alpha value is -6.09. The number of benzene rings is 6. The van der Waals surface area contributed by atoms with E-state index in [-0.39, 0.29) is 93.2 Å². The summed E-state index contributed by atoms with van der Waals surface area (Å²) in [5.74, 6) is 1.90. The summed E-state index contributed by atoms with van der Waals surface area (Å²) in [5, 5.41) is 0.465. The zero-order valence-electron chi connectivity index (χ0n) is 54.9. The molecular weight excluding hydrogens is 1380 g/mol. The van der Waals surface area contributed by atoms with Gasteiger partial charge in [0, 0.05) is 18.9 Å². The standard InChI is InChI=1S/2C35H38ClF6N4.2ClH.Fe/c2*1-20(2)28-10-8-11-29(21(3)4)32(28)43-24(7)45-12-9-13-46(19-45)33(44-31-23(6)14-22(5)15-30(31)36)25-16-26(34(37,38)39)18-27(17-25)35(40,41)42;;;/h2*8,10-11,14-21H,9,12-13H2,1-7H3;2*1H;/q-1;+1;;;+3/p-2. The van der Waals surface area contributed by atoms with Gasteiger partial charge in [-0.1, -0.05) is 127 Å². The summed E-state index contributed by atoms with van der Waals surface area (Å²) in [6, 6.07) is 22.1. The summed E-state index contributed by atoms with van der Waals surface area (Å²) in [6.07, 6.45) is -17.3. The molecule has 8 rings (SSSR count). The summed E-state index contributed by atoms with van der Waals surface area (Å²) >= 11 is 13.3. The quantitative estimate of drug-likeness (QED) is 0.0343. The van der Waals surface area contributed by atoms with Gasteiger partial charge in [0.05, 0.1) is 73.8 Å². The van der Waals surface area contributed by atoms with Gasteiger partial charge in [0.25, 0.3) is 5.84 Å². The molecule has 1 saturated heterocycles. The van der Waals surface area contributed by atoms with E-state index in [2.05, 4.69) is 65.4 Å². The molecular formula is C70H76Cl4F12FeN8+. The number of aryl methyl sites for hydroxylation is 4. The first-order valence-electron chi connectivity index (χ1n) is 30.4. The SMILES string of the molecule is CC(=Nc1c(C(C)C)cccc1C(C)C)N1C=[N+](C(=Nc2c(C)cc(C)cc2Cl)c2cc(C(F)(F)F)cc(C(F)(F)F)c2)CCC1.CC(=Nc1c(C(C)C)cccc1C(C)C)N1[CH-]N(C(=Nc2c(C)cc(C)cc2Cl)c2cc(C(F)(F)F)cc(C(F)(F)F)c2)CCC1.[Cl][Fe+][Cl]. The molecule has 0 unspecified atom stereocenters. The molecule has 0 radical (unpaired) electrons. The van der Waals surface area contributed by atoms with Gasteiger partial charge in [-0.3, -0.25) is 4.90 Å². The van der Waals surface area contributed by atoms with Crippen molar-refractivity contribution in [2.45, 2.75) is 158 Å². The third kappa shape index (κ3) is 20.5. The number of hydrogen-bond acceptors (Lipinski definition) is 4. The van der Waals surface area contributed by atoms with E-state index in [1.165, 1.54) is 0 Å². The molecule has 95 heavy (non-hydrogen) atoms. The molecule has 0 bridgehead atoms. The second-order valence-electron chi connectivity index (χ2n) is 24.6. The number of hydrogen-bond donors (Lipinski definition) is 0. The first-order valence-corrected chi connectivity index (χ1v) is 34.2. The predicted octanol–water partition coefficient (Wildman–Crippen LogP) is 23.4. The van der Waals surface area contributed by atoms with Gasteiger partial charge in [0.15, 0.2) is 17.9 Å². The minimum absolute atomic E-state index is 0.0894. The summed E-state index contributed by atoms with van der Waals surface area (Å²) in [7, 11) is 9.53. The zero-order chi connectivity index (χ0) is 71.0. The molecule has 0 aromatic heterocycles.